The van der Waals surface area contributed by atoms with E-state index in [0.29, 0.717) is 5.88 Å². The highest BCUT2D eigenvalue weighted by Crippen LogP contribution is 2.35. The minimum absolute atomic E-state index is 0.0186. The van der Waals surface area contributed by atoms with Gasteiger partial charge in [0.1, 0.15) is 6.10 Å². The van der Waals surface area contributed by atoms with E-state index in [9.17, 15) is 0 Å². The van der Waals surface area contributed by atoms with Crippen molar-refractivity contribution < 1.29 is 4.74 Å². The van der Waals surface area contributed by atoms with Crippen molar-refractivity contribution in [2.75, 3.05) is 5.88 Å². The lowest BCUT2D eigenvalue weighted by Gasteiger charge is -2.37. The van der Waals surface area contributed by atoms with Gasteiger partial charge in [0.15, 0.2) is 0 Å². The molecule has 0 amide bonds. The molecule has 0 aromatic carbocycles. The van der Waals surface area contributed by atoms with E-state index in [2.05, 4.69) is 44.9 Å². The summed E-state index contributed by atoms with van der Waals surface area (Å²) in [5, 5.41) is 0. The van der Waals surface area contributed by atoms with E-state index in [0.717, 1.165) is 6.42 Å². The van der Waals surface area contributed by atoms with Crippen LogP contribution in [0.1, 0.15) is 20.3 Å². The van der Waals surface area contributed by atoms with E-state index in [1.807, 2.05) is 6.92 Å². The van der Waals surface area contributed by atoms with Crippen LogP contribution in [0.3, 0.4) is 0 Å². The predicted octanol–water partition coefficient (Wildman–Crippen LogP) is 4.44. The Kier molecular flexibility index (Phi) is 5.46. The van der Waals surface area contributed by atoms with Crippen LogP contribution in [-0.2, 0) is 4.74 Å². The van der Waals surface area contributed by atoms with Crippen molar-refractivity contribution in [2.45, 2.75) is 41.1 Å². The molecule has 0 saturated heterocycles. The molecule has 0 radical (unpaired) electrons. The van der Waals surface area contributed by atoms with E-state index in [-0.39, 0.29) is 15.9 Å². The summed E-state index contributed by atoms with van der Waals surface area (Å²) in [5.41, 5.74) is 1.21. The Bertz CT molecular complexity index is 254. The zero-order chi connectivity index (χ0) is 11.6. The van der Waals surface area contributed by atoms with Gasteiger partial charge in [-0.3, -0.25) is 0 Å². The minimum Gasteiger partial charge on any atom is -0.366 e. The summed E-state index contributed by atoms with van der Waals surface area (Å²) in [5.74, 6) is 0.383. The molecule has 1 nitrogen and oxygen atoms in total. The number of ether oxygens (including phenoxy) is 1. The highest BCUT2D eigenvalue weighted by Gasteiger charge is 2.37. The van der Waals surface area contributed by atoms with Gasteiger partial charge in [-0.05, 0) is 25.8 Å². The Morgan fingerprint density at radius 1 is 1.67 bits per heavy atom. The quantitative estimate of drug-likeness (QED) is 0.519. The average Bonchev–Trinajstić information content (AvgIpc) is 2.17. The zero-order valence-corrected chi connectivity index (χ0v) is 13.3. The molecule has 3 atom stereocenters. The molecule has 0 aromatic rings. The van der Waals surface area contributed by atoms with Crippen LogP contribution < -0.4 is 0 Å². The Hall–Kier alpha value is 1.24. The molecule has 0 saturated carbocycles. The fraction of sp³-hybridized carbons (Fsp3) is 0.800. The minimum atomic E-state index is -0.508. The van der Waals surface area contributed by atoms with Gasteiger partial charge >= 0.3 is 0 Å². The van der Waals surface area contributed by atoms with Crippen molar-refractivity contribution in [1.29, 1.82) is 0 Å². The molecular formula is C10H14Br2Cl2O. The van der Waals surface area contributed by atoms with E-state index >= 15 is 0 Å². The van der Waals surface area contributed by atoms with Crippen molar-refractivity contribution in [2.24, 2.45) is 0 Å². The number of alkyl halides is 4. The van der Waals surface area contributed by atoms with Crippen LogP contribution in [0, 0.1) is 0 Å². The Morgan fingerprint density at radius 2 is 2.27 bits per heavy atom. The van der Waals surface area contributed by atoms with Gasteiger partial charge in [0, 0.05) is 5.88 Å². The van der Waals surface area contributed by atoms with Gasteiger partial charge < -0.3 is 4.74 Å². The molecule has 1 heterocycles. The molecule has 0 aliphatic carbocycles. The van der Waals surface area contributed by atoms with Gasteiger partial charge in [-0.1, -0.05) is 37.9 Å². The Morgan fingerprint density at radius 3 is 2.73 bits per heavy atom. The molecule has 1 unspecified atom stereocenters. The molecule has 0 aromatic heterocycles. The summed E-state index contributed by atoms with van der Waals surface area (Å²) in [7, 11) is 0. The maximum Gasteiger partial charge on any atom is 0.101 e. The largest absolute Gasteiger partial charge is 0.366 e. The van der Waals surface area contributed by atoms with Crippen LogP contribution in [0.25, 0.3) is 0 Å². The van der Waals surface area contributed by atoms with Gasteiger partial charge in [-0.15, -0.1) is 23.2 Å². The molecule has 1 aliphatic heterocycles. The monoisotopic (exact) mass is 378 g/mol. The van der Waals surface area contributed by atoms with Crippen molar-refractivity contribution >= 4 is 55.1 Å². The lowest BCUT2D eigenvalue weighted by atomic mass is 9.97. The van der Waals surface area contributed by atoms with E-state index in [1.54, 1.807) is 0 Å². The average molecular weight is 381 g/mol. The van der Waals surface area contributed by atoms with Crippen molar-refractivity contribution in [1.82, 2.24) is 0 Å². The zero-order valence-electron chi connectivity index (χ0n) is 8.64. The van der Waals surface area contributed by atoms with Crippen molar-refractivity contribution in [3.8, 4) is 0 Å². The summed E-state index contributed by atoms with van der Waals surface area (Å²) >= 11 is 19.1. The van der Waals surface area contributed by atoms with Crippen LogP contribution in [0.5, 0.6) is 0 Å². The smallest absolute Gasteiger partial charge is 0.101 e. The normalized spacial score (nSPS) is 31.3. The third-order valence-corrected chi connectivity index (χ3v) is 4.60. The van der Waals surface area contributed by atoms with E-state index < -0.39 is 4.87 Å². The summed E-state index contributed by atoms with van der Waals surface area (Å²) in [4.78, 5) is -0.508. The fourth-order valence-corrected chi connectivity index (χ4v) is 2.88. The second kappa shape index (κ2) is 5.72. The SMILES string of the molecule is CC1=CC[C@H](C(C)(Cl)CCl)O[C@H]1C(Br)Br. The van der Waals surface area contributed by atoms with Crippen LogP contribution >= 0.6 is 55.1 Å². The van der Waals surface area contributed by atoms with Crippen LogP contribution in [0.2, 0.25) is 0 Å². The molecule has 1 rings (SSSR count). The fourth-order valence-electron chi connectivity index (χ4n) is 1.48. The first-order chi connectivity index (χ1) is 6.88. The topological polar surface area (TPSA) is 9.23 Å². The molecule has 1 aliphatic rings. The molecule has 88 valence electrons. The van der Waals surface area contributed by atoms with Crippen molar-refractivity contribution in [3.05, 3.63) is 11.6 Å². The number of halogens is 4. The van der Waals surface area contributed by atoms with Crippen LogP contribution in [0.15, 0.2) is 11.6 Å². The molecule has 0 spiro atoms. The highest BCUT2D eigenvalue weighted by atomic mass is 79.9. The second-order valence-corrected chi connectivity index (χ2v) is 8.31. The summed E-state index contributed by atoms with van der Waals surface area (Å²) in [6, 6.07) is 0. The molecule has 15 heavy (non-hydrogen) atoms. The van der Waals surface area contributed by atoms with Gasteiger partial charge in [-0.2, -0.15) is 0 Å². The van der Waals surface area contributed by atoms with Gasteiger partial charge in [0.25, 0.3) is 0 Å². The summed E-state index contributed by atoms with van der Waals surface area (Å²) < 4.78 is 6.04. The molecule has 0 N–H and O–H groups in total. The number of rotatable bonds is 3. The molecule has 0 fully saturated rings. The Balaban J connectivity index is 2.76. The highest BCUT2D eigenvalue weighted by molar-refractivity contribution is 9.24. The number of hydrogen-bond donors (Lipinski definition) is 0. The second-order valence-electron chi connectivity index (χ2n) is 3.98. The maximum absolute atomic E-state index is 6.30. The van der Waals surface area contributed by atoms with Gasteiger partial charge in [-0.25, -0.2) is 0 Å². The van der Waals surface area contributed by atoms with Crippen LogP contribution in [-0.4, -0.2) is 26.7 Å². The first-order valence-corrected chi connectivity index (χ1v) is 7.48. The molecule has 0 bridgehead atoms. The first-order valence-electron chi connectivity index (χ1n) is 4.73. The molecule has 5 heteroatoms. The molecular weight excluding hydrogens is 367 g/mol. The predicted molar refractivity (Wildman–Crippen MR) is 73.7 cm³/mol. The lowest BCUT2D eigenvalue weighted by molar-refractivity contribution is -0.00861. The van der Waals surface area contributed by atoms with E-state index in [1.165, 1.54) is 5.57 Å². The summed E-state index contributed by atoms with van der Waals surface area (Å²) in [6.45, 7) is 3.97. The Labute approximate surface area is 118 Å². The maximum atomic E-state index is 6.30. The number of hydrogen-bond acceptors (Lipinski definition) is 1. The van der Waals surface area contributed by atoms with Gasteiger partial charge in [0.2, 0.25) is 0 Å². The third-order valence-electron chi connectivity index (χ3n) is 2.58. The van der Waals surface area contributed by atoms with Crippen LogP contribution in [0.4, 0.5) is 0 Å². The standard InChI is InChI=1S/C10H14Br2Cl2O/c1-6-3-4-7(10(2,14)5-13)15-8(6)9(11)12/h3,7-9H,4-5H2,1-2H3/t7-,8-,10?/m1/s1. The summed E-state index contributed by atoms with van der Waals surface area (Å²) in [6.07, 6.45) is 2.97. The van der Waals surface area contributed by atoms with E-state index in [4.69, 9.17) is 27.9 Å². The van der Waals surface area contributed by atoms with Crippen molar-refractivity contribution in [3.63, 3.8) is 0 Å². The van der Waals surface area contributed by atoms with Gasteiger partial charge in [0.05, 0.1) is 14.7 Å². The third kappa shape index (κ3) is 3.60. The lowest BCUT2D eigenvalue weighted by Crippen LogP contribution is -2.43. The first kappa shape index (κ1) is 14.3.